The normalized spacial score (nSPS) is 20.7. The highest BCUT2D eigenvalue weighted by molar-refractivity contribution is 7.59. The fraction of sp³-hybridized carbons (Fsp3) is 0.478. The van der Waals surface area contributed by atoms with E-state index >= 15 is 0 Å². The fourth-order valence-corrected chi connectivity index (χ4v) is 5.59. The molecule has 4 heterocycles. The van der Waals surface area contributed by atoms with Crippen molar-refractivity contribution >= 4 is 52.2 Å². The molecule has 3 atom stereocenters. The molecule has 1 aromatic carbocycles. The van der Waals surface area contributed by atoms with Crippen LogP contribution < -0.4 is 4.74 Å². The molecule has 7 nitrogen and oxygen atoms in total. The maximum atomic E-state index is 13.6. The van der Waals surface area contributed by atoms with E-state index in [1.807, 2.05) is 30.9 Å². The van der Waals surface area contributed by atoms with Crippen LogP contribution in [0.1, 0.15) is 70.9 Å². The van der Waals surface area contributed by atoms with E-state index < -0.39 is 6.43 Å². The first-order valence-electron chi connectivity index (χ1n) is 10.9. The Labute approximate surface area is 224 Å². The summed E-state index contributed by atoms with van der Waals surface area (Å²) in [5, 5.41) is 4.23. The Kier molecular flexibility index (Phi) is 9.46. The van der Waals surface area contributed by atoms with Crippen LogP contribution in [0.5, 0.6) is 5.75 Å². The Hall–Kier alpha value is -2.05. The molecule has 0 unspecified atom stereocenters. The van der Waals surface area contributed by atoms with Crippen LogP contribution in [0, 0.1) is 13.8 Å². The number of nitrogens with zero attached hydrogens (tertiary/aromatic N) is 5. The topological polar surface area (TPSA) is 72.6 Å². The number of rotatable bonds is 4. The molecule has 0 N–H and O–H groups in total. The Morgan fingerprint density at radius 2 is 1.71 bits per heavy atom. The monoisotopic (exact) mass is 543 g/mol. The summed E-state index contributed by atoms with van der Waals surface area (Å²) in [6, 6.07) is 5.25. The van der Waals surface area contributed by atoms with Gasteiger partial charge in [0.05, 0.1) is 12.8 Å². The Balaban J connectivity index is 0.00000144. The van der Waals surface area contributed by atoms with Crippen molar-refractivity contribution in [3.8, 4) is 5.75 Å². The van der Waals surface area contributed by atoms with Crippen LogP contribution in [0.15, 0.2) is 24.5 Å². The van der Waals surface area contributed by atoms with Crippen LogP contribution in [0.2, 0.25) is 0 Å². The first kappa shape index (κ1) is 29.2. The van der Waals surface area contributed by atoms with Crippen molar-refractivity contribution in [1.82, 2.24) is 24.5 Å². The zero-order valence-corrected chi connectivity index (χ0v) is 22.8. The van der Waals surface area contributed by atoms with Gasteiger partial charge in [-0.1, -0.05) is 0 Å². The maximum absolute atomic E-state index is 13.6. The average molecular weight is 544 g/mol. The SMILES string of the molecule is COc1c(C)cc(C(=O)N2[C@H]3CC[C@H](c4cc(C(F)F)nc5ncnn45)[C@@H]2CC3)cc1C.S.S.S. The van der Waals surface area contributed by atoms with Gasteiger partial charge in [0.25, 0.3) is 18.1 Å². The number of hydrogen-bond acceptors (Lipinski definition) is 5. The molecule has 2 fully saturated rings. The van der Waals surface area contributed by atoms with Crippen molar-refractivity contribution in [2.75, 3.05) is 7.11 Å². The minimum atomic E-state index is -2.70. The van der Waals surface area contributed by atoms with Gasteiger partial charge < -0.3 is 9.64 Å². The lowest BCUT2D eigenvalue weighted by Crippen LogP contribution is -2.47. The third kappa shape index (κ3) is 4.97. The lowest BCUT2D eigenvalue weighted by molar-refractivity contribution is 0.0553. The third-order valence-corrected chi connectivity index (χ3v) is 6.87. The van der Waals surface area contributed by atoms with Gasteiger partial charge in [0.2, 0.25) is 0 Å². The van der Waals surface area contributed by atoms with Crippen molar-refractivity contribution in [3.05, 3.63) is 52.6 Å². The highest BCUT2D eigenvalue weighted by Gasteiger charge is 2.46. The minimum absolute atomic E-state index is 0. The van der Waals surface area contributed by atoms with Crippen molar-refractivity contribution < 1.29 is 18.3 Å². The molecule has 3 aromatic rings. The molecule has 2 bridgehead atoms. The highest BCUT2D eigenvalue weighted by atomic mass is 32.1. The molecule has 35 heavy (non-hydrogen) atoms. The predicted octanol–water partition coefficient (Wildman–Crippen LogP) is 4.58. The molecule has 192 valence electrons. The van der Waals surface area contributed by atoms with Crippen molar-refractivity contribution in [2.45, 2.75) is 64.0 Å². The molecule has 12 heteroatoms. The number of benzene rings is 1. The van der Waals surface area contributed by atoms with Crippen molar-refractivity contribution in [3.63, 3.8) is 0 Å². The molecule has 2 aliphatic heterocycles. The molecule has 2 aliphatic rings. The van der Waals surface area contributed by atoms with E-state index in [-0.39, 0.29) is 75.9 Å². The van der Waals surface area contributed by atoms with Gasteiger partial charge in [-0.15, -0.1) is 0 Å². The van der Waals surface area contributed by atoms with Crippen LogP contribution in [-0.2, 0) is 0 Å². The Bertz CT molecular complexity index is 1190. The zero-order chi connectivity index (χ0) is 22.6. The summed E-state index contributed by atoms with van der Waals surface area (Å²) in [5.41, 5.74) is 2.80. The van der Waals surface area contributed by atoms with E-state index in [1.165, 1.54) is 12.4 Å². The molecule has 0 spiro atoms. The van der Waals surface area contributed by atoms with Crippen LogP contribution in [0.25, 0.3) is 5.78 Å². The average Bonchev–Trinajstić information content (AvgIpc) is 3.35. The van der Waals surface area contributed by atoms with E-state index in [1.54, 1.807) is 11.6 Å². The number of fused-ring (bicyclic) bond motifs is 3. The van der Waals surface area contributed by atoms with Crippen molar-refractivity contribution in [2.24, 2.45) is 0 Å². The number of ether oxygens (including phenoxy) is 1. The molecule has 2 saturated heterocycles. The predicted molar refractivity (Wildman–Crippen MR) is 144 cm³/mol. The molecule has 1 amide bonds. The van der Waals surface area contributed by atoms with Crippen LogP contribution >= 0.6 is 40.5 Å². The lowest BCUT2D eigenvalue weighted by Gasteiger charge is -2.40. The van der Waals surface area contributed by atoms with Crippen LogP contribution in [0.4, 0.5) is 8.78 Å². The summed E-state index contributed by atoms with van der Waals surface area (Å²) in [5.74, 6) is 0.819. The van der Waals surface area contributed by atoms with Gasteiger partial charge in [0, 0.05) is 23.6 Å². The number of aryl methyl sites for hydroxylation is 2. The molecule has 0 radical (unpaired) electrons. The number of amides is 1. The summed E-state index contributed by atoms with van der Waals surface area (Å²) < 4.78 is 34.0. The van der Waals surface area contributed by atoms with E-state index in [2.05, 4.69) is 15.1 Å². The smallest absolute Gasteiger partial charge is 0.280 e. The van der Waals surface area contributed by atoms with Crippen LogP contribution in [-0.4, -0.2) is 49.6 Å². The van der Waals surface area contributed by atoms with E-state index in [0.717, 1.165) is 42.6 Å². The molecular formula is C23H31F2N5O2S3. The first-order chi connectivity index (χ1) is 15.4. The van der Waals surface area contributed by atoms with Gasteiger partial charge in [-0.05, 0) is 68.9 Å². The summed E-state index contributed by atoms with van der Waals surface area (Å²) in [7, 11) is 1.62. The number of halogens is 2. The van der Waals surface area contributed by atoms with Gasteiger partial charge in [0.1, 0.15) is 17.8 Å². The fourth-order valence-electron chi connectivity index (χ4n) is 5.59. The number of carbonyl (C=O) groups excluding carboxylic acids is 1. The number of carbonyl (C=O) groups is 1. The standard InChI is InChI=1S/C23H25F2N5O2.3H2S/c1-12-8-14(9-13(2)20(12)32-3)22(31)29-15-4-6-16(18(29)7-5-15)19-10-17(21(24)25)28-23-26-11-27-30(19)23;;;/h8-11,15-16,18,21H,4-7H2,1-3H3;3*1H2/t15-,16-,18-;;;/m0.../s1. The second kappa shape index (κ2) is 11.3. The van der Waals surface area contributed by atoms with E-state index in [4.69, 9.17) is 4.74 Å². The number of aromatic nitrogens is 4. The minimum Gasteiger partial charge on any atom is -0.496 e. The van der Waals surface area contributed by atoms with E-state index in [0.29, 0.717) is 11.3 Å². The summed E-state index contributed by atoms with van der Waals surface area (Å²) in [6.45, 7) is 3.86. The summed E-state index contributed by atoms with van der Waals surface area (Å²) in [4.78, 5) is 23.6. The Morgan fingerprint density at radius 1 is 1.06 bits per heavy atom. The second-order valence-electron chi connectivity index (χ2n) is 8.72. The van der Waals surface area contributed by atoms with Crippen LogP contribution in [0.3, 0.4) is 0 Å². The van der Waals surface area contributed by atoms with Gasteiger partial charge in [-0.25, -0.2) is 18.3 Å². The molecule has 5 rings (SSSR count). The third-order valence-electron chi connectivity index (χ3n) is 6.87. The highest BCUT2D eigenvalue weighted by Crippen LogP contribution is 2.45. The Morgan fingerprint density at radius 3 is 2.34 bits per heavy atom. The summed E-state index contributed by atoms with van der Waals surface area (Å²) in [6.07, 6.45) is 2.00. The van der Waals surface area contributed by atoms with Gasteiger partial charge in [-0.2, -0.15) is 50.6 Å². The van der Waals surface area contributed by atoms with E-state index in [9.17, 15) is 13.6 Å². The van der Waals surface area contributed by atoms with Gasteiger partial charge in [0.15, 0.2) is 0 Å². The van der Waals surface area contributed by atoms with Gasteiger partial charge in [-0.3, -0.25) is 4.79 Å². The number of methoxy groups -OCH3 is 1. The quantitative estimate of drug-likeness (QED) is 0.482. The molecule has 0 aliphatic carbocycles. The molecular weight excluding hydrogens is 512 g/mol. The molecule has 2 aromatic heterocycles. The van der Waals surface area contributed by atoms with Crippen molar-refractivity contribution in [1.29, 1.82) is 0 Å². The number of alkyl halides is 2. The maximum Gasteiger partial charge on any atom is 0.280 e. The number of piperidine rings is 1. The molecule has 0 saturated carbocycles. The second-order valence-corrected chi connectivity index (χ2v) is 8.72. The first-order valence-corrected chi connectivity index (χ1v) is 10.9. The largest absolute Gasteiger partial charge is 0.496 e. The number of hydrogen-bond donors (Lipinski definition) is 0. The summed E-state index contributed by atoms with van der Waals surface area (Å²) >= 11 is 0. The zero-order valence-electron chi connectivity index (χ0n) is 19.8. The van der Waals surface area contributed by atoms with Gasteiger partial charge >= 0.3 is 0 Å². The lowest BCUT2D eigenvalue weighted by atomic mass is 9.86.